The zero-order valence-corrected chi connectivity index (χ0v) is 16.9. The third kappa shape index (κ3) is 4.03. The number of alkyl halides is 2. The van der Waals surface area contributed by atoms with Crippen molar-refractivity contribution >= 4 is 32.1 Å². The van der Waals surface area contributed by atoms with Gasteiger partial charge in [-0.05, 0) is 26.7 Å². The van der Waals surface area contributed by atoms with E-state index in [1.54, 1.807) is 6.92 Å². The summed E-state index contributed by atoms with van der Waals surface area (Å²) in [5.41, 5.74) is -2.83. The Labute approximate surface area is 167 Å². The lowest BCUT2D eigenvalue weighted by Gasteiger charge is -2.13. The normalized spacial score (nSPS) is 15.3. The lowest BCUT2D eigenvalue weighted by molar-refractivity contribution is 0.0947. The third-order valence-electron chi connectivity index (χ3n) is 4.81. The molecule has 1 aliphatic carbocycles. The molecule has 1 fully saturated rings. The summed E-state index contributed by atoms with van der Waals surface area (Å²) in [7, 11) is 1.43. The minimum absolute atomic E-state index is 0.0260. The van der Waals surface area contributed by atoms with Gasteiger partial charge in [0.15, 0.2) is 0 Å². The molecular weight excluding hydrogens is 401 g/mol. The first kappa shape index (κ1) is 19.6. The summed E-state index contributed by atoms with van der Waals surface area (Å²) >= 11 is 0. The van der Waals surface area contributed by atoms with Gasteiger partial charge in [0.2, 0.25) is 5.71 Å². The molecule has 1 saturated carbocycles. The van der Waals surface area contributed by atoms with Gasteiger partial charge in [-0.2, -0.15) is 8.78 Å². The van der Waals surface area contributed by atoms with E-state index in [9.17, 15) is 13.6 Å². The van der Waals surface area contributed by atoms with Crippen LogP contribution in [-0.4, -0.2) is 31.4 Å². The highest BCUT2D eigenvalue weighted by molar-refractivity contribution is 7.17. The van der Waals surface area contributed by atoms with E-state index in [-0.39, 0.29) is 23.5 Å². The van der Waals surface area contributed by atoms with E-state index in [0.29, 0.717) is 28.2 Å². The van der Waals surface area contributed by atoms with Gasteiger partial charge in [0.25, 0.3) is 11.6 Å². The molecule has 3 aromatic rings. The average molecular weight is 420 g/mol. The van der Waals surface area contributed by atoms with Gasteiger partial charge in [-0.15, -0.1) is 0 Å². The van der Waals surface area contributed by atoms with Crippen LogP contribution in [0.2, 0.25) is 0 Å². The number of carbonyl (C=O) groups is 1. The molecule has 152 valence electrons. The molecule has 4 rings (SSSR count). The molecule has 0 radical (unpaired) electrons. The lowest BCUT2D eigenvalue weighted by atomic mass is 10.1. The second kappa shape index (κ2) is 6.95. The smallest absolute Gasteiger partial charge is 0.286 e. The number of carbonyl (C=O) groups excluding carboxylic acids is 1. The molecule has 3 aromatic heterocycles. The number of amides is 1. The third-order valence-corrected chi connectivity index (χ3v) is 5.14. The summed E-state index contributed by atoms with van der Waals surface area (Å²) in [5, 5.41) is 6.56. The van der Waals surface area contributed by atoms with Gasteiger partial charge < -0.3 is 15.1 Å². The molecule has 1 unspecified atom stereocenters. The number of anilines is 1. The molecule has 29 heavy (non-hydrogen) atoms. The van der Waals surface area contributed by atoms with Crippen molar-refractivity contribution in [2.45, 2.75) is 44.4 Å². The van der Waals surface area contributed by atoms with E-state index in [1.165, 1.54) is 15.6 Å². The average Bonchev–Trinajstić information content (AvgIpc) is 3.27. The summed E-state index contributed by atoms with van der Waals surface area (Å²) in [6, 6.07) is 0. The number of hydrogen-bond donors (Lipinski definition) is 2. The van der Waals surface area contributed by atoms with Gasteiger partial charge in [-0.1, -0.05) is 9.24 Å². The fourth-order valence-electron chi connectivity index (χ4n) is 2.88. The molecule has 1 amide bonds. The monoisotopic (exact) mass is 420 g/mol. The molecule has 2 N–H and O–H groups in total. The van der Waals surface area contributed by atoms with Crippen molar-refractivity contribution in [2.24, 2.45) is 0 Å². The standard InChI is InChI=1S/C18H19F2N6O2P/c1-9-12(13-14(26-17(2)3-4-17)24-8-25-16(13)28-9)15(27)23-7-11-21-5-10(6-22-11)18(19,20)29/h5-6,8H,3-4,7,29H2,1-2H3,(H,23,27)(H,24,25,26). The quantitative estimate of drug-likeness (QED) is 0.590. The van der Waals surface area contributed by atoms with E-state index in [4.69, 9.17) is 4.42 Å². The van der Waals surface area contributed by atoms with Gasteiger partial charge in [-0.3, -0.25) is 4.79 Å². The summed E-state index contributed by atoms with van der Waals surface area (Å²) in [6.45, 7) is 3.72. The topological polar surface area (TPSA) is 106 Å². The Morgan fingerprint density at radius 2 is 1.97 bits per heavy atom. The van der Waals surface area contributed by atoms with E-state index in [2.05, 4.69) is 37.5 Å². The van der Waals surface area contributed by atoms with Crippen LogP contribution in [0, 0.1) is 6.92 Å². The number of nitrogens with one attached hydrogen (secondary N) is 2. The molecule has 11 heteroatoms. The van der Waals surface area contributed by atoms with Crippen molar-refractivity contribution in [3.63, 3.8) is 0 Å². The van der Waals surface area contributed by atoms with Crippen LogP contribution in [-0.2, 0) is 12.2 Å². The number of halogens is 2. The van der Waals surface area contributed by atoms with Crippen LogP contribution in [0.15, 0.2) is 23.1 Å². The number of aryl methyl sites for hydroxylation is 1. The first-order valence-electron chi connectivity index (χ1n) is 8.95. The Morgan fingerprint density at radius 3 is 2.59 bits per heavy atom. The van der Waals surface area contributed by atoms with Crippen molar-refractivity contribution in [1.82, 2.24) is 25.3 Å². The highest BCUT2D eigenvalue weighted by atomic mass is 31.0. The van der Waals surface area contributed by atoms with Crippen molar-refractivity contribution in [3.8, 4) is 0 Å². The molecule has 0 bridgehead atoms. The first-order chi connectivity index (χ1) is 13.7. The number of furan rings is 1. The second-order valence-corrected chi connectivity index (χ2v) is 8.04. The Hall–Kier alpha value is -2.74. The number of rotatable bonds is 6. The predicted molar refractivity (Wildman–Crippen MR) is 105 cm³/mol. The molecule has 8 nitrogen and oxygen atoms in total. The van der Waals surface area contributed by atoms with Gasteiger partial charge in [0.05, 0.1) is 23.1 Å². The van der Waals surface area contributed by atoms with Crippen molar-refractivity contribution in [2.75, 3.05) is 5.32 Å². The second-order valence-electron chi connectivity index (χ2n) is 7.31. The zero-order valence-electron chi connectivity index (χ0n) is 15.8. The number of hydrogen-bond acceptors (Lipinski definition) is 7. The summed E-state index contributed by atoms with van der Waals surface area (Å²) < 4.78 is 32.1. The van der Waals surface area contributed by atoms with E-state index >= 15 is 0 Å². The Bertz CT molecular complexity index is 1080. The molecule has 1 atom stereocenters. The predicted octanol–water partition coefficient (Wildman–Crippen LogP) is 3.14. The van der Waals surface area contributed by atoms with Crippen LogP contribution in [0.4, 0.5) is 14.6 Å². The number of fused-ring (bicyclic) bond motifs is 1. The van der Waals surface area contributed by atoms with E-state index < -0.39 is 11.6 Å². The molecule has 0 aliphatic heterocycles. The molecule has 0 spiro atoms. The van der Waals surface area contributed by atoms with Crippen molar-refractivity contribution < 1.29 is 18.0 Å². The lowest BCUT2D eigenvalue weighted by Crippen LogP contribution is -2.25. The summed E-state index contributed by atoms with van der Waals surface area (Å²) in [4.78, 5) is 29.0. The van der Waals surface area contributed by atoms with Crippen LogP contribution in [0.5, 0.6) is 0 Å². The maximum atomic E-state index is 13.2. The Kier molecular flexibility index (Phi) is 4.69. The van der Waals surface area contributed by atoms with E-state index in [0.717, 1.165) is 25.2 Å². The van der Waals surface area contributed by atoms with Crippen molar-refractivity contribution in [3.05, 3.63) is 41.4 Å². The fourth-order valence-corrected chi connectivity index (χ4v) is 3.03. The highest BCUT2D eigenvalue weighted by Crippen LogP contribution is 2.40. The maximum absolute atomic E-state index is 13.2. The molecule has 1 aliphatic rings. The van der Waals surface area contributed by atoms with Gasteiger partial charge >= 0.3 is 0 Å². The summed E-state index contributed by atoms with van der Waals surface area (Å²) in [6.07, 6.45) is 5.48. The van der Waals surface area contributed by atoms with Crippen LogP contribution in [0.3, 0.4) is 0 Å². The van der Waals surface area contributed by atoms with Gasteiger partial charge in [-0.25, -0.2) is 19.9 Å². The minimum Gasteiger partial charge on any atom is -0.442 e. The molecule has 0 saturated heterocycles. The molecule has 3 heterocycles. The van der Waals surface area contributed by atoms with Crippen LogP contribution in [0.25, 0.3) is 11.1 Å². The van der Waals surface area contributed by atoms with Crippen LogP contribution in [0.1, 0.15) is 47.3 Å². The summed E-state index contributed by atoms with van der Waals surface area (Å²) in [5.74, 6) is 0.743. The molecule has 0 aromatic carbocycles. The Balaban J connectivity index is 1.56. The Morgan fingerprint density at radius 1 is 1.28 bits per heavy atom. The highest BCUT2D eigenvalue weighted by Gasteiger charge is 2.38. The molecular formula is C18H19F2N6O2P. The largest absolute Gasteiger partial charge is 0.442 e. The van der Waals surface area contributed by atoms with Crippen LogP contribution < -0.4 is 10.6 Å². The first-order valence-corrected chi connectivity index (χ1v) is 9.53. The van der Waals surface area contributed by atoms with Gasteiger partial charge in [0.1, 0.15) is 23.7 Å². The fraction of sp³-hybridized carbons (Fsp3) is 0.389. The SMILES string of the molecule is Cc1oc2ncnc(NC3(C)CC3)c2c1C(=O)NCc1ncc(C(F)(F)P)cn1. The maximum Gasteiger partial charge on any atom is 0.286 e. The number of nitrogens with zero attached hydrogens (tertiary/aromatic N) is 4. The van der Waals surface area contributed by atoms with Gasteiger partial charge in [0, 0.05) is 17.9 Å². The number of aromatic nitrogens is 4. The zero-order chi connectivity index (χ0) is 20.8. The van der Waals surface area contributed by atoms with E-state index in [1.807, 2.05) is 0 Å². The van der Waals surface area contributed by atoms with Crippen molar-refractivity contribution in [1.29, 1.82) is 0 Å². The van der Waals surface area contributed by atoms with Crippen LogP contribution >= 0.6 is 9.24 Å². The minimum atomic E-state index is -3.10.